The van der Waals surface area contributed by atoms with Gasteiger partial charge in [0.05, 0.1) is 10.6 Å². The summed E-state index contributed by atoms with van der Waals surface area (Å²) in [5, 5.41) is 8.21. The maximum Gasteiger partial charge on any atom is 0.177 e. The second kappa shape index (κ2) is 5.76. The fourth-order valence-corrected chi connectivity index (χ4v) is 2.79. The fraction of sp³-hybridized carbons (Fsp3) is 0.200. The first-order chi connectivity index (χ1) is 10.2. The molecule has 0 bridgehead atoms. The van der Waals surface area contributed by atoms with E-state index in [-0.39, 0.29) is 10.6 Å². The Morgan fingerprint density at radius 1 is 0.909 bits per heavy atom. The number of rotatable bonds is 3. The van der Waals surface area contributed by atoms with Crippen LogP contribution in [0, 0.1) is 13.8 Å². The van der Waals surface area contributed by atoms with E-state index in [1.807, 2.05) is 26.0 Å². The quantitative estimate of drug-likeness (QED) is 0.668. The smallest absolute Gasteiger partial charge is 0.177 e. The van der Waals surface area contributed by atoms with Crippen molar-refractivity contribution in [2.24, 2.45) is 10.2 Å². The number of benzene rings is 2. The van der Waals surface area contributed by atoms with Crippen LogP contribution >= 0.6 is 0 Å². The molecule has 0 radical (unpaired) electrons. The highest BCUT2D eigenvalue weighted by Gasteiger charge is 2.13. The van der Waals surface area contributed by atoms with Crippen LogP contribution in [-0.2, 0) is 9.84 Å². The van der Waals surface area contributed by atoms with Gasteiger partial charge in [-0.15, -0.1) is 5.11 Å². The molecule has 4 N–H and O–H groups in total. The van der Waals surface area contributed by atoms with Gasteiger partial charge in [0.15, 0.2) is 9.84 Å². The Bertz CT molecular complexity index is 858. The number of sulfone groups is 1. The van der Waals surface area contributed by atoms with Gasteiger partial charge in [0, 0.05) is 17.6 Å². The van der Waals surface area contributed by atoms with Crippen LogP contribution in [0.25, 0.3) is 0 Å². The van der Waals surface area contributed by atoms with Gasteiger partial charge in [-0.2, -0.15) is 5.11 Å². The van der Waals surface area contributed by atoms with Crippen LogP contribution in [0.2, 0.25) is 0 Å². The lowest BCUT2D eigenvalue weighted by Gasteiger charge is -2.06. The molecule has 22 heavy (non-hydrogen) atoms. The lowest BCUT2D eigenvalue weighted by atomic mass is 10.1. The molecule has 116 valence electrons. The highest BCUT2D eigenvalue weighted by atomic mass is 32.2. The predicted octanol–water partition coefficient (Wildman–Crippen LogP) is 3.29. The van der Waals surface area contributed by atoms with Crippen LogP contribution in [0.4, 0.5) is 22.7 Å². The lowest BCUT2D eigenvalue weighted by Crippen LogP contribution is -1.98. The number of nitrogens with zero attached hydrogens (tertiary/aromatic N) is 2. The Hall–Kier alpha value is -2.41. The Morgan fingerprint density at radius 3 is 2.18 bits per heavy atom. The summed E-state index contributed by atoms with van der Waals surface area (Å²) in [6, 6.07) is 8.12. The molecular formula is C15H18N4O2S. The molecule has 0 amide bonds. The monoisotopic (exact) mass is 318 g/mol. The summed E-state index contributed by atoms with van der Waals surface area (Å²) < 4.78 is 23.6. The van der Waals surface area contributed by atoms with E-state index >= 15 is 0 Å². The molecule has 0 fully saturated rings. The molecule has 6 nitrogen and oxygen atoms in total. The van der Waals surface area contributed by atoms with Crippen molar-refractivity contribution >= 4 is 32.6 Å². The maximum atomic E-state index is 11.8. The molecule has 0 aliphatic carbocycles. The van der Waals surface area contributed by atoms with Crippen molar-refractivity contribution < 1.29 is 8.42 Å². The zero-order chi connectivity index (χ0) is 16.5. The van der Waals surface area contributed by atoms with E-state index in [9.17, 15) is 8.42 Å². The molecule has 7 heteroatoms. The zero-order valence-electron chi connectivity index (χ0n) is 12.7. The number of nitrogens with two attached hydrogens (primary N) is 2. The van der Waals surface area contributed by atoms with Crippen molar-refractivity contribution in [1.82, 2.24) is 0 Å². The van der Waals surface area contributed by atoms with E-state index in [1.54, 1.807) is 6.07 Å². The summed E-state index contributed by atoms with van der Waals surface area (Å²) in [6.07, 6.45) is 1.11. The van der Waals surface area contributed by atoms with Gasteiger partial charge in [-0.3, -0.25) is 0 Å². The number of anilines is 2. The van der Waals surface area contributed by atoms with Gasteiger partial charge >= 0.3 is 0 Å². The van der Waals surface area contributed by atoms with Crippen LogP contribution < -0.4 is 11.5 Å². The van der Waals surface area contributed by atoms with Gasteiger partial charge in [-0.05, 0) is 55.3 Å². The van der Waals surface area contributed by atoms with Crippen LogP contribution in [0.15, 0.2) is 45.5 Å². The maximum absolute atomic E-state index is 11.8. The van der Waals surface area contributed by atoms with Crippen molar-refractivity contribution in [3.8, 4) is 0 Å². The Balaban J connectivity index is 2.50. The second-order valence-electron chi connectivity index (χ2n) is 5.19. The molecule has 2 rings (SSSR count). The molecule has 0 saturated heterocycles. The largest absolute Gasteiger partial charge is 0.399 e. The van der Waals surface area contributed by atoms with Crippen molar-refractivity contribution in [3.63, 3.8) is 0 Å². The first-order valence-electron chi connectivity index (χ1n) is 6.56. The van der Waals surface area contributed by atoms with Crippen molar-refractivity contribution in [2.45, 2.75) is 18.7 Å². The minimum atomic E-state index is -3.44. The molecule has 0 spiro atoms. The molecule has 0 unspecified atom stereocenters. The summed E-state index contributed by atoms with van der Waals surface area (Å²) in [7, 11) is -3.44. The van der Waals surface area contributed by atoms with Crippen LogP contribution in [0.3, 0.4) is 0 Å². The molecule has 0 aliphatic rings. The molecule has 2 aromatic rings. The van der Waals surface area contributed by atoms with Gasteiger partial charge in [-0.1, -0.05) is 0 Å². The first-order valence-corrected chi connectivity index (χ1v) is 8.45. The average Bonchev–Trinajstić information content (AvgIpc) is 2.41. The average molecular weight is 318 g/mol. The van der Waals surface area contributed by atoms with Gasteiger partial charge in [0.25, 0.3) is 0 Å². The Kier molecular flexibility index (Phi) is 4.18. The van der Waals surface area contributed by atoms with Gasteiger partial charge in [0.2, 0.25) is 0 Å². The second-order valence-corrected chi connectivity index (χ2v) is 7.18. The third-order valence-electron chi connectivity index (χ3n) is 3.23. The summed E-state index contributed by atoms with van der Waals surface area (Å²) in [5.41, 5.74) is 15.2. The zero-order valence-corrected chi connectivity index (χ0v) is 13.5. The molecule has 0 atom stereocenters. The van der Waals surface area contributed by atoms with E-state index in [0.717, 1.165) is 17.4 Å². The van der Waals surface area contributed by atoms with E-state index in [0.29, 0.717) is 17.1 Å². The van der Waals surface area contributed by atoms with E-state index in [1.165, 1.54) is 12.1 Å². The summed E-state index contributed by atoms with van der Waals surface area (Å²) >= 11 is 0. The number of hydrogen-bond acceptors (Lipinski definition) is 6. The normalized spacial score (nSPS) is 12.0. The van der Waals surface area contributed by atoms with E-state index in [4.69, 9.17) is 11.5 Å². The molecular weight excluding hydrogens is 300 g/mol. The van der Waals surface area contributed by atoms with Crippen LogP contribution in [-0.4, -0.2) is 14.7 Å². The lowest BCUT2D eigenvalue weighted by molar-refractivity contribution is 0.602. The Morgan fingerprint density at radius 2 is 1.55 bits per heavy atom. The molecule has 0 heterocycles. The number of azo groups is 1. The fourth-order valence-electron chi connectivity index (χ4n) is 1.95. The molecule has 2 aromatic carbocycles. The Labute approximate surface area is 129 Å². The third kappa shape index (κ3) is 3.43. The molecule has 0 aromatic heterocycles. The van der Waals surface area contributed by atoms with E-state index in [2.05, 4.69) is 10.2 Å². The number of nitrogen functional groups attached to an aromatic ring is 2. The predicted molar refractivity (Wildman–Crippen MR) is 88.5 cm³/mol. The van der Waals surface area contributed by atoms with Gasteiger partial charge in [0.1, 0.15) is 5.69 Å². The topological polar surface area (TPSA) is 111 Å². The highest BCUT2D eigenvalue weighted by molar-refractivity contribution is 7.90. The van der Waals surface area contributed by atoms with Crippen LogP contribution in [0.1, 0.15) is 11.1 Å². The van der Waals surface area contributed by atoms with Crippen molar-refractivity contribution in [3.05, 3.63) is 41.5 Å². The highest BCUT2D eigenvalue weighted by Crippen LogP contribution is 2.30. The standard InChI is InChI=1S/C15H18N4O2S/c1-9-7-14(10(2)6-12(9)17)19-18-13-5-4-11(16)8-15(13)22(3,20)21/h4-8H,16-17H2,1-3H3. The third-order valence-corrected chi connectivity index (χ3v) is 4.36. The number of aryl methyl sites for hydroxylation is 2. The summed E-state index contributed by atoms with van der Waals surface area (Å²) in [6.45, 7) is 3.74. The van der Waals surface area contributed by atoms with Gasteiger partial charge < -0.3 is 11.5 Å². The SMILES string of the molecule is Cc1cc(N=Nc2ccc(N)cc2S(C)(=O)=O)c(C)cc1N. The first kappa shape index (κ1) is 16.0. The molecule has 0 aliphatic heterocycles. The van der Waals surface area contributed by atoms with Crippen LogP contribution in [0.5, 0.6) is 0 Å². The summed E-state index contributed by atoms with van der Waals surface area (Å²) in [4.78, 5) is 0.0565. The summed E-state index contributed by atoms with van der Waals surface area (Å²) in [5.74, 6) is 0. The number of hydrogen-bond donors (Lipinski definition) is 2. The minimum absolute atomic E-state index is 0.0565. The van der Waals surface area contributed by atoms with Crippen molar-refractivity contribution in [1.29, 1.82) is 0 Å². The van der Waals surface area contributed by atoms with Gasteiger partial charge in [-0.25, -0.2) is 8.42 Å². The van der Waals surface area contributed by atoms with E-state index < -0.39 is 9.84 Å². The minimum Gasteiger partial charge on any atom is -0.399 e. The van der Waals surface area contributed by atoms with Crippen molar-refractivity contribution in [2.75, 3.05) is 17.7 Å². The molecule has 0 saturated carbocycles.